The normalized spacial score (nSPS) is 14.3. The van der Waals surface area contributed by atoms with Crippen molar-refractivity contribution in [3.05, 3.63) is 35.9 Å². The Kier molecular flexibility index (Phi) is 8.19. The van der Waals surface area contributed by atoms with Crippen LogP contribution in [0.25, 0.3) is 0 Å². The fourth-order valence-electron chi connectivity index (χ4n) is 1.84. The van der Waals surface area contributed by atoms with Gasteiger partial charge in [-0.2, -0.15) is 0 Å². The molecule has 0 amide bonds. The third-order valence-electron chi connectivity index (χ3n) is 3.50. The van der Waals surface area contributed by atoms with E-state index >= 15 is 0 Å². The van der Waals surface area contributed by atoms with Crippen LogP contribution in [0, 0.1) is 5.41 Å². The third-order valence-corrected chi connectivity index (χ3v) is 3.50. The fraction of sp³-hybridized carbons (Fsp3) is 0.588. The minimum atomic E-state index is -1.10. The van der Waals surface area contributed by atoms with E-state index in [0.29, 0.717) is 6.61 Å². The van der Waals surface area contributed by atoms with Gasteiger partial charge in [-0.05, 0) is 5.56 Å². The first-order valence-electron chi connectivity index (χ1n) is 7.59. The van der Waals surface area contributed by atoms with Crippen LogP contribution in [0.15, 0.2) is 30.3 Å². The zero-order valence-electron chi connectivity index (χ0n) is 13.6. The van der Waals surface area contributed by atoms with Crippen molar-refractivity contribution >= 4 is 5.97 Å². The van der Waals surface area contributed by atoms with E-state index in [0.717, 1.165) is 5.56 Å². The minimum absolute atomic E-state index is 0.195. The summed E-state index contributed by atoms with van der Waals surface area (Å²) < 4.78 is 10.4. The second-order valence-electron chi connectivity index (χ2n) is 6.21. The van der Waals surface area contributed by atoms with Crippen LogP contribution >= 0.6 is 0 Å². The van der Waals surface area contributed by atoms with Crippen LogP contribution < -0.4 is 0 Å². The largest absolute Gasteiger partial charge is 0.463 e. The molecule has 6 nitrogen and oxygen atoms in total. The van der Waals surface area contributed by atoms with Crippen molar-refractivity contribution in [2.24, 2.45) is 5.41 Å². The molecule has 0 aliphatic carbocycles. The summed E-state index contributed by atoms with van der Waals surface area (Å²) in [6.07, 6.45) is -2.23. The van der Waals surface area contributed by atoms with Crippen molar-refractivity contribution in [1.82, 2.24) is 0 Å². The number of hydrogen-bond donors (Lipinski definition) is 3. The molecule has 23 heavy (non-hydrogen) atoms. The molecule has 0 saturated carbocycles. The molecular weight excluding hydrogens is 300 g/mol. The summed E-state index contributed by atoms with van der Waals surface area (Å²) >= 11 is 0. The summed E-state index contributed by atoms with van der Waals surface area (Å²) in [5.74, 6) is -0.624. The number of aliphatic hydroxyl groups is 3. The Balaban J connectivity index is 2.34. The Hall–Kier alpha value is -1.47. The lowest BCUT2D eigenvalue weighted by molar-refractivity contribution is -0.152. The van der Waals surface area contributed by atoms with Gasteiger partial charge in [0.05, 0.1) is 32.3 Å². The molecule has 2 unspecified atom stereocenters. The van der Waals surface area contributed by atoms with Gasteiger partial charge < -0.3 is 24.8 Å². The molecule has 0 aromatic heterocycles. The lowest BCUT2D eigenvalue weighted by Gasteiger charge is -2.29. The molecule has 2 atom stereocenters. The number of ether oxygens (including phenoxy) is 2. The molecule has 0 radical (unpaired) electrons. The number of carbonyl (C=O) groups excluding carboxylic acids is 1. The monoisotopic (exact) mass is 326 g/mol. The average molecular weight is 326 g/mol. The average Bonchev–Trinajstić information content (AvgIpc) is 2.53. The third kappa shape index (κ3) is 7.56. The van der Waals surface area contributed by atoms with Crippen molar-refractivity contribution in [2.75, 3.05) is 19.8 Å². The second kappa shape index (κ2) is 9.62. The van der Waals surface area contributed by atoms with Gasteiger partial charge in [0.1, 0.15) is 12.7 Å². The first-order chi connectivity index (χ1) is 10.8. The Morgan fingerprint density at radius 3 is 2.48 bits per heavy atom. The summed E-state index contributed by atoms with van der Waals surface area (Å²) in [6, 6.07) is 9.68. The van der Waals surface area contributed by atoms with E-state index in [1.807, 2.05) is 30.3 Å². The Morgan fingerprint density at radius 1 is 1.22 bits per heavy atom. The number of esters is 1. The van der Waals surface area contributed by atoms with Crippen LogP contribution in [0.1, 0.15) is 25.8 Å². The zero-order chi connectivity index (χ0) is 17.3. The van der Waals surface area contributed by atoms with E-state index in [9.17, 15) is 9.90 Å². The molecule has 130 valence electrons. The maximum Gasteiger partial charge on any atom is 0.308 e. The standard InChI is InChI=1S/C17H26O6/c1-17(2,12-22-10-13-6-4-3-5-7-13)15(20)8-16(21)23-11-14(19)9-18/h3-7,14-15,18-20H,8-12H2,1-2H3. The van der Waals surface area contributed by atoms with Crippen molar-refractivity contribution < 1.29 is 29.6 Å². The SMILES string of the molecule is CC(C)(COCc1ccccc1)C(O)CC(=O)OCC(O)CO. The molecule has 3 N–H and O–H groups in total. The van der Waals surface area contributed by atoms with Gasteiger partial charge in [-0.15, -0.1) is 0 Å². The van der Waals surface area contributed by atoms with Crippen LogP contribution in [-0.2, 0) is 20.9 Å². The smallest absolute Gasteiger partial charge is 0.308 e. The zero-order valence-corrected chi connectivity index (χ0v) is 13.6. The summed E-state index contributed by atoms with van der Waals surface area (Å²) in [4.78, 5) is 11.6. The highest BCUT2D eigenvalue weighted by atomic mass is 16.5. The summed E-state index contributed by atoms with van der Waals surface area (Å²) in [5.41, 5.74) is 0.416. The molecule has 0 bridgehead atoms. The summed E-state index contributed by atoms with van der Waals surface area (Å²) in [5, 5.41) is 27.9. The van der Waals surface area contributed by atoms with E-state index < -0.39 is 30.2 Å². The predicted octanol–water partition coefficient (Wildman–Crippen LogP) is 0.877. The van der Waals surface area contributed by atoms with Crippen LogP contribution in [-0.4, -0.2) is 53.3 Å². The lowest BCUT2D eigenvalue weighted by Crippen LogP contribution is -2.36. The molecule has 0 aliphatic rings. The first-order valence-corrected chi connectivity index (χ1v) is 7.59. The molecule has 0 aliphatic heterocycles. The van der Waals surface area contributed by atoms with Gasteiger partial charge in [-0.1, -0.05) is 44.2 Å². The van der Waals surface area contributed by atoms with Gasteiger partial charge in [-0.25, -0.2) is 0 Å². The molecule has 0 fully saturated rings. The van der Waals surface area contributed by atoms with Crippen molar-refractivity contribution in [3.8, 4) is 0 Å². The van der Waals surface area contributed by atoms with Crippen LogP contribution in [0.2, 0.25) is 0 Å². The number of benzene rings is 1. The van der Waals surface area contributed by atoms with Gasteiger partial charge in [0.25, 0.3) is 0 Å². The van der Waals surface area contributed by atoms with Gasteiger partial charge in [0.15, 0.2) is 0 Å². The highest BCUT2D eigenvalue weighted by Gasteiger charge is 2.30. The molecule has 0 spiro atoms. The van der Waals surface area contributed by atoms with E-state index in [2.05, 4.69) is 0 Å². The Bertz CT molecular complexity index is 459. The molecule has 1 rings (SSSR count). The van der Waals surface area contributed by atoms with Gasteiger partial charge in [-0.3, -0.25) is 4.79 Å². The Labute approximate surface area is 136 Å². The van der Waals surface area contributed by atoms with Gasteiger partial charge >= 0.3 is 5.97 Å². The van der Waals surface area contributed by atoms with Crippen LogP contribution in [0.4, 0.5) is 0 Å². The first kappa shape index (κ1) is 19.6. The van der Waals surface area contributed by atoms with E-state index in [4.69, 9.17) is 19.7 Å². The fourth-order valence-corrected chi connectivity index (χ4v) is 1.84. The second-order valence-corrected chi connectivity index (χ2v) is 6.21. The van der Waals surface area contributed by atoms with Crippen LogP contribution in [0.5, 0.6) is 0 Å². The van der Waals surface area contributed by atoms with E-state index in [-0.39, 0.29) is 19.6 Å². The number of carbonyl (C=O) groups is 1. The molecule has 0 heterocycles. The minimum Gasteiger partial charge on any atom is -0.463 e. The molecule has 0 saturated heterocycles. The molecule has 1 aromatic carbocycles. The van der Waals surface area contributed by atoms with E-state index in [1.165, 1.54) is 0 Å². The number of hydrogen-bond acceptors (Lipinski definition) is 6. The maximum atomic E-state index is 11.6. The van der Waals surface area contributed by atoms with Gasteiger partial charge in [0.2, 0.25) is 0 Å². The highest BCUT2D eigenvalue weighted by molar-refractivity contribution is 5.70. The number of rotatable bonds is 10. The van der Waals surface area contributed by atoms with Crippen molar-refractivity contribution in [2.45, 2.75) is 39.1 Å². The summed E-state index contributed by atoms with van der Waals surface area (Å²) in [6.45, 7) is 3.57. The molecule has 6 heteroatoms. The molecular formula is C17H26O6. The van der Waals surface area contributed by atoms with Crippen LogP contribution in [0.3, 0.4) is 0 Å². The Morgan fingerprint density at radius 2 is 1.87 bits per heavy atom. The lowest BCUT2D eigenvalue weighted by atomic mass is 9.85. The van der Waals surface area contributed by atoms with Gasteiger partial charge in [0, 0.05) is 5.41 Å². The molecule has 1 aromatic rings. The summed E-state index contributed by atoms with van der Waals surface area (Å²) in [7, 11) is 0. The number of aliphatic hydroxyl groups excluding tert-OH is 3. The topological polar surface area (TPSA) is 96.2 Å². The van der Waals surface area contributed by atoms with Crippen molar-refractivity contribution in [3.63, 3.8) is 0 Å². The maximum absolute atomic E-state index is 11.6. The predicted molar refractivity (Wildman–Crippen MR) is 84.6 cm³/mol. The van der Waals surface area contributed by atoms with E-state index in [1.54, 1.807) is 13.8 Å². The van der Waals surface area contributed by atoms with Crippen molar-refractivity contribution in [1.29, 1.82) is 0 Å². The highest BCUT2D eigenvalue weighted by Crippen LogP contribution is 2.24. The quantitative estimate of drug-likeness (QED) is 0.552.